The number of hydrogen-bond donors (Lipinski definition) is 0. The first-order valence-corrected chi connectivity index (χ1v) is 7.08. The Morgan fingerprint density at radius 1 is 1.00 bits per heavy atom. The zero-order valence-electron chi connectivity index (χ0n) is 11.0. The van der Waals surface area contributed by atoms with Gasteiger partial charge >= 0.3 is 0 Å². The molecule has 1 heterocycles. The maximum atomic E-state index is 4.27. The Bertz CT molecular complexity index is 884. The maximum Gasteiger partial charge on any atom is 0.0343 e. The fourth-order valence-corrected chi connectivity index (χ4v) is 3.79. The number of hydrogen-bond acceptors (Lipinski definition) is 1. The lowest BCUT2D eigenvalue weighted by molar-refractivity contribution is 0.863. The lowest BCUT2D eigenvalue weighted by Crippen LogP contribution is -2.07. The van der Waals surface area contributed by atoms with Crippen LogP contribution in [0.3, 0.4) is 0 Å². The molecule has 0 fully saturated rings. The molecule has 1 heteroatoms. The van der Waals surface area contributed by atoms with Gasteiger partial charge in [-0.15, -0.1) is 0 Å². The third-order valence-corrected chi connectivity index (χ3v) is 4.68. The van der Waals surface area contributed by atoms with Crippen LogP contribution in [0.2, 0.25) is 0 Å². The van der Waals surface area contributed by atoms with Gasteiger partial charge in [-0.05, 0) is 57.2 Å². The van der Waals surface area contributed by atoms with Gasteiger partial charge < -0.3 is 0 Å². The number of fused-ring (bicyclic) bond motifs is 4. The molecule has 1 atom stereocenters. The number of pyridine rings is 1. The van der Waals surface area contributed by atoms with Crippen LogP contribution < -0.4 is 0 Å². The van der Waals surface area contributed by atoms with E-state index in [9.17, 15) is 0 Å². The van der Waals surface area contributed by atoms with Crippen molar-refractivity contribution < 1.29 is 0 Å². The molecule has 94 valence electrons. The first-order valence-electron chi connectivity index (χ1n) is 7.08. The normalized spacial score (nSPS) is 18.6. The van der Waals surface area contributed by atoms with Crippen molar-refractivity contribution in [3.63, 3.8) is 0 Å². The SMILES string of the molecule is C1=C2c3cccc4cccc(c34)C2Cc2ccncc21. The Morgan fingerprint density at radius 2 is 1.90 bits per heavy atom. The van der Waals surface area contributed by atoms with Crippen molar-refractivity contribution in [2.75, 3.05) is 0 Å². The second kappa shape index (κ2) is 3.57. The summed E-state index contributed by atoms with van der Waals surface area (Å²) in [5.41, 5.74) is 7.07. The minimum Gasteiger partial charge on any atom is -0.264 e. The lowest BCUT2D eigenvalue weighted by atomic mass is 9.83. The number of benzene rings is 2. The Labute approximate surface area is 117 Å². The van der Waals surface area contributed by atoms with Crippen molar-refractivity contribution in [2.45, 2.75) is 12.3 Å². The number of nitrogens with zero attached hydrogens (tertiary/aromatic N) is 1. The van der Waals surface area contributed by atoms with Crippen molar-refractivity contribution in [3.8, 4) is 0 Å². The van der Waals surface area contributed by atoms with Gasteiger partial charge in [0, 0.05) is 18.3 Å². The van der Waals surface area contributed by atoms with Gasteiger partial charge in [0.15, 0.2) is 0 Å². The molecule has 0 saturated carbocycles. The summed E-state index contributed by atoms with van der Waals surface area (Å²) in [6.45, 7) is 0. The Kier molecular flexibility index (Phi) is 1.86. The monoisotopic (exact) mass is 255 g/mol. The fraction of sp³-hybridized carbons (Fsp3) is 0.105. The molecule has 0 radical (unpaired) electrons. The van der Waals surface area contributed by atoms with E-state index < -0.39 is 0 Å². The van der Waals surface area contributed by atoms with Crippen LogP contribution in [-0.2, 0) is 6.42 Å². The van der Waals surface area contributed by atoms with Crippen molar-refractivity contribution in [3.05, 3.63) is 77.1 Å². The van der Waals surface area contributed by atoms with Crippen LogP contribution in [0, 0.1) is 0 Å². The van der Waals surface area contributed by atoms with Gasteiger partial charge in [-0.2, -0.15) is 0 Å². The van der Waals surface area contributed by atoms with Gasteiger partial charge in [0.05, 0.1) is 0 Å². The van der Waals surface area contributed by atoms with E-state index in [0.717, 1.165) is 6.42 Å². The average molecular weight is 255 g/mol. The predicted molar refractivity (Wildman–Crippen MR) is 82.5 cm³/mol. The molecule has 0 bridgehead atoms. The van der Waals surface area contributed by atoms with Crippen LogP contribution in [0.1, 0.15) is 28.2 Å². The zero-order valence-corrected chi connectivity index (χ0v) is 11.0. The summed E-state index contributed by atoms with van der Waals surface area (Å²) >= 11 is 0. The van der Waals surface area contributed by atoms with Crippen LogP contribution >= 0.6 is 0 Å². The molecule has 0 spiro atoms. The molecule has 2 aliphatic rings. The van der Waals surface area contributed by atoms with Gasteiger partial charge in [0.25, 0.3) is 0 Å². The Morgan fingerprint density at radius 3 is 2.85 bits per heavy atom. The largest absolute Gasteiger partial charge is 0.264 e. The van der Waals surface area contributed by atoms with Gasteiger partial charge in [0.1, 0.15) is 0 Å². The molecule has 0 amide bonds. The summed E-state index contributed by atoms with van der Waals surface area (Å²) in [4.78, 5) is 4.27. The molecular weight excluding hydrogens is 242 g/mol. The molecule has 1 unspecified atom stereocenters. The fourth-order valence-electron chi connectivity index (χ4n) is 3.79. The van der Waals surface area contributed by atoms with Crippen LogP contribution in [0.15, 0.2) is 54.9 Å². The van der Waals surface area contributed by atoms with Crippen LogP contribution in [0.25, 0.3) is 22.4 Å². The second-order valence-electron chi connectivity index (χ2n) is 5.68. The highest BCUT2D eigenvalue weighted by Gasteiger charge is 2.31. The van der Waals surface area contributed by atoms with Crippen LogP contribution in [0.4, 0.5) is 0 Å². The topological polar surface area (TPSA) is 12.9 Å². The molecule has 0 N–H and O–H groups in total. The molecule has 20 heavy (non-hydrogen) atoms. The first kappa shape index (κ1) is 10.4. The van der Waals surface area contributed by atoms with Crippen LogP contribution in [0.5, 0.6) is 0 Å². The third kappa shape index (κ3) is 1.20. The van der Waals surface area contributed by atoms with E-state index in [1.54, 1.807) is 0 Å². The van der Waals surface area contributed by atoms with Gasteiger partial charge in [0.2, 0.25) is 0 Å². The highest BCUT2D eigenvalue weighted by atomic mass is 14.6. The minimum absolute atomic E-state index is 0.519. The Hall–Kier alpha value is -2.41. The molecule has 2 aliphatic carbocycles. The Balaban J connectivity index is 1.87. The molecular formula is C19H13N. The minimum atomic E-state index is 0.519. The first-order chi connectivity index (χ1) is 9.92. The van der Waals surface area contributed by atoms with E-state index in [-0.39, 0.29) is 0 Å². The molecule has 1 nitrogen and oxygen atoms in total. The molecule has 1 aromatic heterocycles. The summed E-state index contributed by atoms with van der Waals surface area (Å²) in [5.74, 6) is 0.519. The van der Waals surface area contributed by atoms with Crippen molar-refractivity contribution in [1.82, 2.24) is 4.98 Å². The summed E-state index contributed by atoms with van der Waals surface area (Å²) in [6, 6.07) is 15.5. The van der Waals surface area contributed by atoms with Crippen molar-refractivity contribution in [1.29, 1.82) is 0 Å². The van der Waals surface area contributed by atoms with E-state index in [1.807, 2.05) is 12.4 Å². The van der Waals surface area contributed by atoms with Gasteiger partial charge in [-0.1, -0.05) is 36.4 Å². The zero-order chi connectivity index (χ0) is 13.1. The molecule has 2 aromatic carbocycles. The number of allylic oxidation sites excluding steroid dienone is 1. The predicted octanol–water partition coefficient (Wildman–Crippen LogP) is 4.43. The maximum absolute atomic E-state index is 4.27. The quantitative estimate of drug-likeness (QED) is 0.579. The van der Waals surface area contributed by atoms with E-state index in [4.69, 9.17) is 0 Å². The van der Waals surface area contributed by atoms with Gasteiger partial charge in [-0.3, -0.25) is 4.98 Å². The van der Waals surface area contributed by atoms with Crippen molar-refractivity contribution >= 4 is 22.4 Å². The van der Waals surface area contributed by atoms with E-state index >= 15 is 0 Å². The summed E-state index contributed by atoms with van der Waals surface area (Å²) in [6.07, 6.45) is 7.32. The molecule has 0 aliphatic heterocycles. The van der Waals surface area contributed by atoms with E-state index in [1.165, 1.54) is 38.6 Å². The molecule has 3 aromatic rings. The number of rotatable bonds is 0. The third-order valence-electron chi connectivity index (χ3n) is 4.68. The molecule has 5 rings (SSSR count). The average Bonchev–Trinajstić information content (AvgIpc) is 2.82. The van der Waals surface area contributed by atoms with Gasteiger partial charge in [-0.25, -0.2) is 0 Å². The lowest BCUT2D eigenvalue weighted by Gasteiger charge is -2.21. The number of aromatic nitrogens is 1. The summed E-state index contributed by atoms with van der Waals surface area (Å²) in [7, 11) is 0. The van der Waals surface area contributed by atoms with E-state index in [0.29, 0.717) is 5.92 Å². The highest BCUT2D eigenvalue weighted by Crippen LogP contribution is 2.50. The second-order valence-corrected chi connectivity index (χ2v) is 5.68. The summed E-state index contributed by atoms with van der Waals surface area (Å²) < 4.78 is 0. The smallest absolute Gasteiger partial charge is 0.0343 e. The highest BCUT2D eigenvalue weighted by molar-refractivity contribution is 6.07. The van der Waals surface area contributed by atoms with Crippen LogP contribution in [-0.4, -0.2) is 4.98 Å². The molecule has 0 saturated heterocycles. The van der Waals surface area contributed by atoms with Crippen molar-refractivity contribution in [2.24, 2.45) is 0 Å². The summed E-state index contributed by atoms with van der Waals surface area (Å²) in [5, 5.41) is 2.81. The standard InChI is InChI=1S/C19H13N/c1-3-12-4-2-6-16-18-10-14-11-20-8-7-13(14)9-17(18)15(5-1)19(12)16/h1-8,10-11,17H,9H2. The van der Waals surface area contributed by atoms with E-state index in [2.05, 4.69) is 53.5 Å².